The van der Waals surface area contributed by atoms with Gasteiger partial charge in [0.15, 0.2) is 6.29 Å². The Labute approximate surface area is 92.2 Å². The summed E-state index contributed by atoms with van der Waals surface area (Å²) in [5, 5.41) is 0. The number of benzene rings is 1. The fourth-order valence-electron chi connectivity index (χ4n) is 1.74. The van der Waals surface area contributed by atoms with Crippen molar-refractivity contribution in [3.63, 3.8) is 0 Å². The molecule has 0 heterocycles. The zero-order valence-electron chi connectivity index (χ0n) is 9.99. The lowest BCUT2D eigenvalue weighted by Gasteiger charge is -2.18. The average molecular weight is 208 g/mol. The monoisotopic (exact) mass is 208 g/mol. The Morgan fingerprint density at radius 3 is 2.20 bits per heavy atom. The molecule has 2 nitrogen and oxygen atoms in total. The molecule has 0 spiro atoms. The fourth-order valence-corrected chi connectivity index (χ4v) is 1.74. The van der Waals surface area contributed by atoms with Crippen LogP contribution in [0, 0.1) is 5.92 Å². The molecule has 0 fully saturated rings. The van der Waals surface area contributed by atoms with Gasteiger partial charge in [0.2, 0.25) is 0 Å². The van der Waals surface area contributed by atoms with Crippen LogP contribution in [-0.2, 0) is 15.9 Å². The molecule has 0 atom stereocenters. The van der Waals surface area contributed by atoms with Gasteiger partial charge < -0.3 is 9.47 Å². The smallest absolute Gasteiger partial charge is 0.183 e. The second-order valence-corrected chi connectivity index (χ2v) is 4.10. The average Bonchev–Trinajstić information content (AvgIpc) is 2.21. The molecule has 0 unspecified atom stereocenters. The first-order chi connectivity index (χ1) is 7.19. The van der Waals surface area contributed by atoms with Crippen LogP contribution in [0.1, 0.15) is 31.3 Å². The van der Waals surface area contributed by atoms with Gasteiger partial charge in [-0.15, -0.1) is 0 Å². The fraction of sp³-hybridized carbons (Fsp3) is 0.538. The van der Waals surface area contributed by atoms with E-state index >= 15 is 0 Å². The number of ether oxygens (including phenoxy) is 2. The van der Waals surface area contributed by atoms with Gasteiger partial charge >= 0.3 is 0 Å². The van der Waals surface area contributed by atoms with Crippen molar-refractivity contribution < 1.29 is 9.47 Å². The van der Waals surface area contributed by atoms with E-state index in [-0.39, 0.29) is 6.29 Å². The van der Waals surface area contributed by atoms with Crippen molar-refractivity contribution in [2.45, 2.75) is 26.6 Å². The molecule has 0 aliphatic rings. The van der Waals surface area contributed by atoms with Crippen LogP contribution in [0.25, 0.3) is 0 Å². The SMILES string of the molecule is COC(OC)c1ccccc1CC(C)C. The molecular formula is C13H20O2. The van der Waals surface area contributed by atoms with Crippen molar-refractivity contribution in [2.24, 2.45) is 5.92 Å². The molecular weight excluding hydrogens is 188 g/mol. The van der Waals surface area contributed by atoms with Gasteiger partial charge in [0.05, 0.1) is 0 Å². The molecule has 2 heteroatoms. The van der Waals surface area contributed by atoms with Gasteiger partial charge in [-0.1, -0.05) is 38.1 Å². The summed E-state index contributed by atoms with van der Waals surface area (Å²) >= 11 is 0. The van der Waals surface area contributed by atoms with Crippen LogP contribution in [0.5, 0.6) is 0 Å². The number of hydrogen-bond donors (Lipinski definition) is 0. The zero-order chi connectivity index (χ0) is 11.3. The molecule has 1 rings (SSSR count). The minimum Gasteiger partial charge on any atom is -0.352 e. The third kappa shape index (κ3) is 3.33. The van der Waals surface area contributed by atoms with Crippen LogP contribution in [0.3, 0.4) is 0 Å². The van der Waals surface area contributed by atoms with Crippen molar-refractivity contribution in [3.8, 4) is 0 Å². The van der Waals surface area contributed by atoms with E-state index < -0.39 is 0 Å². The normalized spacial score (nSPS) is 11.3. The van der Waals surface area contributed by atoms with E-state index in [1.165, 1.54) is 5.56 Å². The molecule has 0 bridgehead atoms. The Morgan fingerprint density at radius 1 is 1.07 bits per heavy atom. The maximum absolute atomic E-state index is 5.29. The van der Waals surface area contributed by atoms with Crippen molar-refractivity contribution >= 4 is 0 Å². The van der Waals surface area contributed by atoms with E-state index in [4.69, 9.17) is 9.47 Å². The molecule has 1 aromatic carbocycles. The lowest BCUT2D eigenvalue weighted by molar-refractivity contribution is -0.106. The molecule has 0 aliphatic carbocycles. The summed E-state index contributed by atoms with van der Waals surface area (Å²) in [6, 6.07) is 8.28. The van der Waals surface area contributed by atoms with Crippen molar-refractivity contribution in [1.82, 2.24) is 0 Å². The molecule has 0 aliphatic heterocycles. The molecule has 0 aromatic heterocycles. The molecule has 0 amide bonds. The topological polar surface area (TPSA) is 18.5 Å². The third-order valence-electron chi connectivity index (χ3n) is 2.37. The van der Waals surface area contributed by atoms with Crippen LogP contribution in [-0.4, -0.2) is 14.2 Å². The first-order valence-corrected chi connectivity index (χ1v) is 5.32. The number of hydrogen-bond acceptors (Lipinski definition) is 2. The Balaban J connectivity index is 2.94. The van der Waals surface area contributed by atoms with Crippen LogP contribution >= 0.6 is 0 Å². The van der Waals surface area contributed by atoms with Crippen molar-refractivity contribution in [3.05, 3.63) is 35.4 Å². The Bertz CT molecular complexity index is 290. The van der Waals surface area contributed by atoms with Gasteiger partial charge in [-0.25, -0.2) is 0 Å². The standard InChI is InChI=1S/C13H20O2/c1-10(2)9-11-7-5-6-8-12(11)13(14-3)15-4/h5-8,10,13H,9H2,1-4H3. The van der Waals surface area contributed by atoms with Crippen LogP contribution < -0.4 is 0 Å². The van der Waals surface area contributed by atoms with Crippen molar-refractivity contribution in [1.29, 1.82) is 0 Å². The zero-order valence-corrected chi connectivity index (χ0v) is 9.99. The highest BCUT2D eigenvalue weighted by Crippen LogP contribution is 2.23. The minimum atomic E-state index is -0.250. The largest absolute Gasteiger partial charge is 0.352 e. The molecule has 1 aromatic rings. The first kappa shape index (κ1) is 12.2. The highest BCUT2D eigenvalue weighted by Gasteiger charge is 2.13. The van der Waals surface area contributed by atoms with E-state index in [0.29, 0.717) is 5.92 Å². The Morgan fingerprint density at radius 2 is 1.67 bits per heavy atom. The Hall–Kier alpha value is -0.860. The quantitative estimate of drug-likeness (QED) is 0.692. The Kier molecular flexibility index (Phi) is 4.79. The third-order valence-corrected chi connectivity index (χ3v) is 2.37. The summed E-state index contributed by atoms with van der Waals surface area (Å²) in [6.45, 7) is 4.43. The van der Waals surface area contributed by atoms with Crippen molar-refractivity contribution in [2.75, 3.05) is 14.2 Å². The van der Waals surface area contributed by atoms with Gasteiger partial charge in [-0.2, -0.15) is 0 Å². The van der Waals surface area contributed by atoms with Crippen LogP contribution in [0.4, 0.5) is 0 Å². The summed E-state index contributed by atoms with van der Waals surface area (Å²) in [7, 11) is 3.33. The van der Waals surface area contributed by atoms with Gasteiger partial charge in [0.1, 0.15) is 0 Å². The summed E-state index contributed by atoms with van der Waals surface area (Å²) in [4.78, 5) is 0. The van der Waals surface area contributed by atoms with Gasteiger partial charge in [0.25, 0.3) is 0 Å². The van der Waals surface area contributed by atoms with Crippen LogP contribution in [0.2, 0.25) is 0 Å². The number of rotatable bonds is 5. The van der Waals surface area contributed by atoms with Gasteiger partial charge in [-0.3, -0.25) is 0 Å². The lowest BCUT2D eigenvalue weighted by Crippen LogP contribution is -2.08. The van der Waals surface area contributed by atoms with Crippen LogP contribution in [0.15, 0.2) is 24.3 Å². The van der Waals surface area contributed by atoms with Gasteiger partial charge in [-0.05, 0) is 17.9 Å². The minimum absolute atomic E-state index is 0.250. The molecule has 0 N–H and O–H groups in total. The second-order valence-electron chi connectivity index (χ2n) is 4.10. The van der Waals surface area contributed by atoms with E-state index in [2.05, 4.69) is 32.0 Å². The lowest BCUT2D eigenvalue weighted by atomic mass is 9.98. The molecule has 84 valence electrons. The number of methoxy groups -OCH3 is 2. The van der Waals surface area contributed by atoms with E-state index in [1.807, 2.05) is 6.07 Å². The highest BCUT2D eigenvalue weighted by molar-refractivity contribution is 5.28. The summed E-state index contributed by atoms with van der Waals surface area (Å²) < 4.78 is 10.6. The second kappa shape index (κ2) is 5.89. The maximum Gasteiger partial charge on any atom is 0.183 e. The van der Waals surface area contributed by atoms with Gasteiger partial charge in [0, 0.05) is 19.8 Å². The molecule has 0 saturated heterocycles. The first-order valence-electron chi connectivity index (χ1n) is 5.32. The van der Waals surface area contributed by atoms with E-state index in [1.54, 1.807) is 14.2 Å². The van der Waals surface area contributed by atoms with E-state index in [0.717, 1.165) is 12.0 Å². The summed E-state index contributed by atoms with van der Waals surface area (Å²) in [5.41, 5.74) is 2.44. The maximum atomic E-state index is 5.29. The highest BCUT2D eigenvalue weighted by atomic mass is 16.7. The molecule has 0 saturated carbocycles. The predicted octanol–water partition coefficient (Wildman–Crippen LogP) is 3.18. The molecule has 15 heavy (non-hydrogen) atoms. The van der Waals surface area contributed by atoms with E-state index in [9.17, 15) is 0 Å². The predicted molar refractivity (Wildman–Crippen MR) is 61.7 cm³/mol. The summed E-state index contributed by atoms with van der Waals surface area (Å²) in [5.74, 6) is 0.639. The summed E-state index contributed by atoms with van der Waals surface area (Å²) in [6.07, 6.45) is 0.805. The molecule has 0 radical (unpaired) electrons.